The Morgan fingerprint density at radius 2 is 1.73 bits per heavy atom. The average Bonchev–Trinajstić information content (AvgIpc) is 3.03. The molecule has 0 radical (unpaired) electrons. The summed E-state index contributed by atoms with van der Waals surface area (Å²) in [4.78, 5) is 24.0. The molecule has 0 aliphatic rings. The van der Waals surface area contributed by atoms with Crippen LogP contribution in [0.2, 0.25) is 0 Å². The molecule has 1 heterocycles. The zero-order valence-corrected chi connectivity index (χ0v) is 17.3. The van der Waals surface area contributed by atoms with Crippen molar-refractivity contribution in [3.05, 3.63) is 94.3 Å². The van der Waals surface area contributed by atoms with E-state index in [1.165, 1.54) is 6.92 Å². The largest absolute Gasteiger partial charge is 0.347 e. The van der Waals surface area contributed by atoms with E-state index in [0.717, 1.165) is 28.2 Å². The van der Waals surface area contributed by atoms with Crippen LogP contribution in [-0.4, -0.2) is 16.3 Å². The fraction of sp³-hybridized carbons (Fsp3) is 0.160. The van der Waals surface area contributed by atoms with Crippen LogP contribution in [0.5, 0.6) is 0 Å². The van der Waals surface area contributed by atoms with Crippen LogP contribution in [0.1, 0.15) is 39.8 Å². The number of ketones is 1. The molecule has 0 unspecified atom stereocenters. The first-order chi connectivity index (χ1) is 14.4. The number of rotatable bonds is 6. The lowest BCUT2D eigenvalue weighted by Gasteiger charge is -2.10. The number of benzene rings is 2. The van der Waals surface area contributed by atoms with Crippen LogP contribution in [0.15, 0.2) is 66.2 Å². The van der Waals surface area contributed by atoms with Gasteiger partial charge in [0.2, 0.25) is 0 Å². The van der Waals surface area contributed by atoms with Gasteiger partial charge in [-0.25, -0.2) is 0 Å². The third-order valence-electron chi connectivity index (χ3n) is 4.96. The molecule has 3 aromatic rings. The molecule has 0 saturated heterocycles. The molecule has 150 valence electrons. The van der Waals surface area contributed by atoms with Gasteiger partial charge in [0.15, 0.2) is 5.78 Å². The Morgan fingerprint density at radius 1 is 1.07 bits per heavy atom. The van der Waals surface area contributed by atoms with E-state index in [1.807, 2.05) is 73.0 Å². The number of nitrogens with one attached hydrogen (secondary N) is 1. The van der Waals surface area contributed by atoms with E-state index in [2.05, 4.69) is 5.32 Å². The normalized spacial score (nSPS) is 11.1. The molecule has 0 bridgehead atoms. The Kier molecular flexibility index (Phi) is 6.29. The lowest BCUT2D eigenvalue weighted by molar-refractivity contribution is -0.117. The summed E-state index contributed by atoms with van der Waals surface area (Å²) in [5.74, 6) is -0.386. The number of hydrogen-bond donors (Lipinski definition) is 1. The first-order valence-corrected chi connectivity index (χ1v) is 9.65. The van der Waals surface area contributed by atoms with Crippen molar-refractivity contribution in [1.29, 1.82) is 5.26 Å². The van der Waals surface area contributed by atoms with Crippen molar-refractivity contribution in [2.75, 3.05) is 0 Å². The van der Waals surface area contributed by atoms with Gasteiger partial charge in [-0.3, -0.25) is 9.59 Å². The smallest absolute Gasteiger partial charge is 0.262 e. The molecule has 1 amide bonds. The van der Waals surface area contributed by atoms with Gasteiger partial charge in [0.1, 0.15) is 11.6 Å². The molecule has 3 rings (SSSR count). The summed E-state index contributed by atoms with van der Waals surface area (Å²) < 4.78 is 2.03. The molecule has 0 spiro atoms. The molecule has 1 aromatic heterocycles. The predicted octanol–water partition coefficient (Wildman–Crippen LogP) is 4.52. The van der Waals surface area contributed by atoms with E-state index in [-0.39, 0.29) is 11.4 Å². The van der Waals surface area contributed by atoms with Gasteiger partial charge in [-0.05, 0) is 68.3 Å². The summed E-state index contributed by atoms with van der Waals surface area (Å²) in [7, 11) is 0. The molecule has 0 saturated carbocycles. The maximum absolute atomic E-state index is 12.5. The van der Waals surface area contributed by atoms with Crippen molar-refractivity contribution < 1.29 is 9.59 Å². The van der Waals surface area contributed by atoms with Gasteiger partial charge in [0, 0.05) is 29.2 Å². The topological polar surface area (TPSA) is 74.9 Å². The Hall–Kier alpha value is -3.91. The number of Topliss-reactive ketones (excluding diaryl/α,β-unsaturated/α-hetero) is 1. The van der Waals surface area contributed by atoms with Gasteiger partial charge >= 0.3 is 0 Å². The van der Waals surface area contributed by atoms with Crippen molar-refractivity contribution in [2.24, 2.45) is 0 Å². The Bertz CT molecular complexity index is 1150. The van der Waals surface area contributed by atoms with E-state index in [9.17, 15) is 14.9 Å². The van der Waals surface area contributed by atoms with Crippen molar-refractivity contribution in [2.45, 2.75) is 27.3 Å². The Balaban J connectivity index is 1.85. The molecule has 0 fully saturated rings. The van der Waals surface area contributed by atoms with Crippen LogP contribution in [-0.2, 0) is 11.3 Å². The quantitative estimate of drug-likeness (QED) is 0.377. The molecular formula is C25H23N3O2. The molecular weight excluding hydrogens is 374 g/mol. The second-order valence-corrected chi connectivity index (χ2v) is 7.10. The van der Waals surface area contributed by atoms with E-state index in [1.54, 1.807) is 18.2 Å². The fourth-order valence-electron chi connectivity index (χ4n) is 3.35. The maximum atomic E-state index is 12.5. The number of aromatic nitrogens is 1. The van der Waals surface area contributed by atoms with Crippen LogP contribution >= 0.6 is 0 Å². The van der Waals surface area contributed by atoms with Gasteiger partial charge in [-0.1, -0.05) is 30.3 Å². The monoisotopic (exact) mass is 397 g/mol. The highest BCUT2D eigenvalue weighted by Gasteiger charge is 2.14. The van der Waals surface area contributed by atoms with Gasteiger partial charge < -0.3 is 9.88 Å². The summed E-state index contributed by atoms with van der Waals surface area (Å²) >= 11 is 0. The third-order valence-corrected chi connectivity index (χ3v) is 4.96. The number of aryl methyl sites for hydroxylation is 1. The first kappa shape index (κ1) is 20.8. The van der Waals surface area contributed by atoms with Gasteiger partial charge in [0.05, 0.1) is 0 Å². The van der Waals surface area contributed by atoms with Crippen molar-refractivity contribution in [3.63, 3.8) is 0 Å². The average molecular weight is 397 g/mol. The molecule has 0 aliphatic carbocycles. The zero-order valence-electron chi connectivity index (χ0n) is 17.3. The van der Waals surface area contributed by atoms with Gasteiger partial charge in [-0.15, -0.1) is 0 Å². The van der Waals surface area contributed by atoms with Crippen molar-refractivity contribution in [1.82, 2.24) is 9.88 Å². The summed E-state index contributed by atoms with van der Waals surface area (Å²) in [6.07, 6.45) is 1.61. The van der Waals surface area contributed by atoms with Crippen molar-refractivity contribution in [3.8, 4) is 11.8 Å². The minimum Gasteiger partial charge on any atom is -0.347 e. The third kappa shape index (κ3) is 4.56. The fourth-order valence-corrected chi connectivity index (χ4v) is 3.35. The van der Waals surface area contributed by atoms with Gasteiger partial charge in [0.25, 0.3) is 5.91 Å². The van der Waals surface area contributed by atoms with Crippen LogP contribution in [0.3, 0.4) is 0 Å². The summed E-state index contributed by atoms with van der Waals surface area (Å²) in [6.45, 7) is 5.80. The molecule has 0 aliphatic heterocycles. The van der Waals surface area contributed by atoms with E-state index in [4.69, 9.17) is 0 Å². The van der Waals surface area contributed by atoms with Crippen molar-refractivity contribution >= 4 is 17.8 Å². The molecule has 5 heteroatoms. The van der Waals surface area contributed by atoms with Crippen LogP contribution in [0, 0.1) is 25.2 Å². The van der Waals surface area contributed by atoms with Crippen LogP contribution in [0.25, 0.3) is 11.8 Å². The molecule has 30 heavy (non-hydrogen) atoms. The molecule has 1 N–H and O–H groups in total. The minimum atomic E-state index is -0.406. The standard InChI is InChI=1S/C25H23N3O2/c1-17-13-22(18(2)28(17)24-11-9-21(10-12-24)19(3)29)14-23(15-26)25(30)27-16-20-7-5-4-6-8-20/h4-14H,16H2,1-3H3,(H,27,30)/b23-14-. The predicted molar refractivity (Wildman–Crippen MR) is 117 cm³/mol. The number of carbonyl (C=O) groups excluding carboxylic acids is 2. The Morgan fingerprint density at radius 3 is 2.33 bits per heavy atom. The lowest BCUT2D eigenvalue weighted by atomic mass is 10.1. The summed E-state index contributed by atoms with van der Waals surface area (Å²) in [5, 5.41) is 12.3. The highest BCUT2D eigenvalue weighted by Crippen LogP contribution is 2.23. The highest BCUT2D eigenvalue weighted by molar-refractivity contribution is 6.01. The summed E-state index contributed by atoms with van der Waals surface area (Å²) in [6, 6.07) is 20.9. The molecule has 0 atom stereocenters. The van der Waals surface area contributed by atoms with E-state index < -0.39 is 5.91 Å². The summed E-state index contributed by atoms with van der Waals surface area (Å²) in [5.41, 5.74) is 5.27. The number of nitriles is 1. The van der Waals surface area contributed by atoms with E-state index in [0.29, 0.717) is 12.1 Å². The highest BCUT2D eigenvalue weighted by atomic mass is 16.1. The number of nitrogens with zero attached hydrogens (tertiary/aromatic N) is 2. The number of hydrogen-bond acceptors (Lipinski definition) is 3. The van der Waals surface area contributed by atoms with E-state index >= 15 is 0 Å². The maximum Gasteiger partial charge on any atom is 0.262 e. The first-order valence-electron chi connectivity index (χ1n) is 9.65. The lowest BCUT2D eigenvalue weighted by Crippen LogP contribution is -2.23. The number of carbonyl (C=O) groups is 2. The minimum absolute atomic E-state index is 0.0197. The number of amides is 1. The second kappa shape index (κ2) is 9.06. The van der Waals surface area contributed by atoms with Gasteiger partial charge in [-0.2, -0.15) is 5.26 Å². The zero-order chi connectivity index (χ0) is 21.7. The Labute approximate surface area is 176 Å². The van der Waals surface area contributed by atoms with Crippen LogP contribution in [0.4, 0.5) is 0 Å². The second-order valence-electron chi connectivity index (χ2n) is 7.10. The SMILES string of the molecule is CC(=O)c1ccc(-n2c(C)cc(/C=C(/C#N)C(=O)NCc3ccccc3)c2C)cc1. The molecule has 2 aromatic carbocycles. The molecule has 5 nitrogen and oxygen atoms in total. The van der Waals surface area contributed by atoms with Crippen LogP contribution < -0.4 is 5.32 Å².